The lowest BCUT2D eigenvalue weighted by Gasteiger charge is -2.29. The van der Waals surface area contributed by atoms with E-state index in [1.54, 1.807) is 0 Å². The fourth-order valence-electron chi connectivity index (χ4n) is 3.29. The molecule has 5 nitrogen and oxygen atoms in total. The first-order valence-corrected chi connectivity index (χ1v) is 8.94. The number of benzene rings is 2. The minimum atomic E-state index is 0.495. The molecule has 26 heavy (non-hydrogen) atoms. The van der Waals surface area contributed by atoms with Gasteiger partial charge in [0.2, 0.25) is 0 Å². The number of aliphatic imine (C=N–C) groups is 1. The van der Waals surface area contributed by atoms with Gasteiger partial charge in [0.05, 0.1) is 30.2 Å². The highest BCUT2D eigenvalue weighted by Crippen LogP contribution is 2.30. The van der Waals surface area contributed by atoms with Crippen molar-refractivity contribution in [1.82, 2.24) is 4.90 Å². The maximum absolute atomic E-state index is 6.32. The Hall–Kier alpha value is -2.50. The van der Waals surface area contributed by atoms with E-state index < -0.39 is 0 Å². The lowest BCUT2D eigenvalue weighted by atomic mass is 10.00. The monoisotopic (exact) mass is 365 g/mol. The minimum Gasteiger partial charge on any atom is -0.320 e. The molecule has 2 aliphatic rings. The fraction of sp³-hybridized carbons (Fsp3) is 0.250. The highest BCUT2D eigenvalue weighted by Gasteiger charge is 2.27. The van der Waals surface area contributed by atoms with Crippen molar-refractivity contribution >= 4 is 34.5 Å². The van der Waals surface area contributed by atoms with Crippen molar-refractivity contribution in [3.63, 3.8) is 0 Å². The molecule has 2 heterocycles. The van der Waals surface area contributed by atoms with E-state index in [2.05, 4.69) is 38.2 Å². The molecule has 0 aliphatic carbocycles. The summed E-state index contributed by atoms with van der Waals surface area (Å²) >= 11 is 6.32. The molecule has 0 saturated heterocycles. The third-order valence-electron chi connectivity index (χ3n) is 4.39. The molecule has 2 aromatic rings. The largest absolute Gasteiger partial charge is 0.320 e. The molecule has 0 atom stereocenters. The minimum absolute atomic E-state index is 0.495. The van der Waals surface area contributed by atoms with Crippen LogP contribution in [0.4, 0.5) is 5.69 Å². The lowest BCUT2D eigenvalue weighted by Crippen LogP contribution is -2.42. The van der Waals surface area contributed by atoms with E-state index in [1.165, 1.54) is 0 Å². The van der Waals surface area contributed by atoms with Gasteiger partial charge < -0.3 is 9.80 Å². The van der Waals surface area contributed by atoms with E-state index >= 15 is 0 Å². The van der Waals surface area contributed by atoms with Gasteiger partial charge in [-0.15, -0.1) is 5.10 Å². The second-order valence-electron chi connectivity index (χ2n) is 6.70. The van der Waals surface area contributed by atoms with Crippen molar-refractivity contribution in [2.75, 3.05) is 38.6 Å². The summed E-state index contributed by atoms with van der Waals surface area (Å²) in [6.07, 6.45) is 0. The molecule has 0 unspecified atom stereocenters. The van der Waals surface area contributed by atoms with Crippen LogP contribution in [0.1, 0.15) is 11.1 Å². The predicted octanol–water partition coefficient (Wildman–Crippen LogP) is 3.33. The van der Waals surface area contributed by atoms with Crippen LogP contribution in [0.3, 0.4) is 0 Å². The van der Waals surface area contributed by atoms with E-state index in [1.807, 2.05) is 44.4 Å². The van der Waals surface area contributed by atoms with Crippen molar-refractivity contribution in [2.45, 2.75) is 0 Å². The highest BCUT2D eigenvalue weighted by molar-refractivity contribution is 6.32. The zero-order valence-electron chi connectivity index (χ0n) is 14.9. The van der Waals surface area contributed by atoms with Crippen LogP contribution >= 0.6 is 11.6 Å². The normalized spacial score (nSPS) is 16.3. The number of rotatable bonds is 3. The Morgan fingerprint density at radius 2 is 1.88 bits per heavy atom. The zero-order valence-corrected chi connectivity index (χ0v) is 15.6. The van der Waals surface area contributed by atoms with Crippen LogP contribution in [-0.4, -0.2) is 55.9 Å². The number of hydrogen-bond donors (Lipinski definition) is 0. The third-order valence-corrected chi connectivity index (χ3v) is 4.62. The van der Waals surface area contributed by atoms with Gasteiger partial charge in [-0.2, -0.15) is 5.10 Å². The van der Waals surface area contributed by atoms with Crippen molar-refractivity contribution < 1.29 is 0 Å². The quantitative estimate of drug-likeness (QED) is 0.837. The summed E-state index contributed by atoms with van der Waals surface area (Å²) in [5.41, 5.74) is 5.14. The van der Waals surface area contributed by atoms with Gasteiger partial charge in [-0.05, 0) is 32.3 Å². The summed E-state index contributed by atoms with van der Waals surface area (Å²) in [6, 6.07) is 16.2. The van der Waals surface area contributed by atoms with Crippen molar-refractivity contribution in [3.8, 4) is 0 Å². The Labute approximate surface area is 158 Å². The molecule has 132 valence electrons. The molecule has 0 amide bonds. The van der Waals surface area contributed by atoms with Crippen LogP contribution in [0.2, 0.25) is 5.02 Å². The molecule has 0 spiro atoms. The Balaban J connectivity index is 1.81. The number of halogens is 1. The summed E-state index contributed by atoms with van der Waals surface area (Å²) in [4.78, 5) is 9.16. The van der Waals surface area contributed by atoms with Gasteiger partial charge in [0, 0.05) is 22.7 Å². The molecule has 0 aromatic heterocycles. The van der Waals surface area contributed by atoms with E-state index in [0.717, 1.165) is 40.6 Å². The molecule has 2 aromatic carbocycles. The average Bonchev–Trinajstić information content (AvgIpc) is 2.78. The summed E-state index contributed by atoms with van der Waals surface area (Å²) in [5.74, 6) is 0.863. The Morgan fingerprint density at radius 1 is 1.08 bits per heavy atom. The Kier molecular flexibility index (Phi) is 4.57. The number of anilines is 1. The van der Waals surface area contributed by atoms with Crippen molar-refractivity contribution in [1.29, 1.82) is 0 Å². The molecule has 2 aliphatic heterocycles. The summed E-state index contributed by atoms with van der Waals surface area (Å²) < 4.78 is 0. The van der Waals surface area contributed by atoms with E-state index in [0.29, 0.717) is 18.1 Å². The van der Waals surface area contributed by atoms with Gasteiger partial charge in [0.25, 0.3) is 0 Å². The molecule has 0 N–H and O–H groups in total. The maximum Gasteiger partial charge on any atom is 0.154 e. The topological polar surface area (TPSA) is 43.6 Å². The molecule has 0 fully saturated rings. The fourth-order valence-corrected chi connectivity index (χ4v) is 3.46. The summed E-state index contributed by atoms with van der Waals surface area (Å²) in [6.45, 7) is 1.99. The molecule has 0 saturated carbocycles. The lowest BCUT2D eigenvalue weighted by molar-refractivity contribution is 0.467. The maximum atomic E-state index is 6.32. The van der Waals surface area contributed by atoms with E-state index in [4.69, 9.17) is 16.6 Å². The number of amidine groups is 1. The van der Waals surface area contributed by atoms with Gasteiger partial charge in [-0.3, -0.25) is 4.99 Å². The van der Waals surface area contributed by atoms with Gasteiger partial charge in [-0.1, -0.05) is 41.9 Å². The van der Waals surface area contributed by atoms with Crippen LogP contribution in [0, 0.1) is 0 Å². The molecule has 0 bridgehead atoms. The molecule has 0 radical (unpaired) electrons. The number of nitrogens with zero attached hydrogens (tertiary/aromatic N) is 5. The predicted molar refractivity (Wildman–Crippen MR) is 109 cm³/mol. The molecular weight excluding hydrogens is 346 g/mol. The van der Waals surface area contributed by atoms with Crippen molar-refractivity contribution in [2.24, 2.45) is 15.2 Å². The first-order chi connectivity index (χ1) is 12.6. The number of fused-ring (bicyclic) bond motifs is 3. The standard InChI is InChI=1S/C20H20ClN5/c1-25(2)12-16-13-26-18-9-8-15(21)10-17(18)20(14-6-4-3-5-7-14)22-11-19(26)24-23-16/h3-10H,11-13H2,1-2H3. The van der Waals surface area contributed by atoms with Gasteiger partial charge >= 0.3 is 0 Å². The first-order valence-electron chi connectivity index (χ1n) is 8.56. The molecule has 6 heteroatoms. The van der Waals surface area contributed by atoms with Crippen molar-refractivity contribution in [3.05, 3.63) is 64.7 Å². The van der Waals surface area contributed by atoms with E-state index in [9.17, 15) is 0 Å². The zero-order chi connectivity index (χ0) is 18.1. The number of hydrogen-bond acceptors (Lipinski definition) is 5. The second kappa shape index (κ2) is 7.02. The van der Waals surface area contributed by atoms with Crippen LogP contribution < -0.4 is 4.90 Å². The van der Waals surface area contributed by atoms with Crippen LogP contribution in [0.5, 0.6) is 0 Å². The van der Waals surface area contributed by atoms with Crippen LogP contribution in [-0.2, 0) is 0 Å². The van der Waals surface area contributed by atoms with Gasteiger partial charge in [0.1, 0.15) is 0 Å². The SMILES string of the molecule is CN(C)CC1=NN=C2CN=C(c3ccccc3)c3cc(Cl)ccc3N2C1. The second-order valence-corrected chi connectivity index (χ2v) is 7.14. The van der Waals surface area contributed by atoms with Crippen LogP contribution in [0.15, 0.2) is 63.7 Å². The van der Waals surface area contributed by atoms with Gasteiger partial charge in [-0.25, -0.2) is 0 Å². The molecular formula is C20H20ClN5. The van der Waals surface area contributed by atoms with E-state index in [-0.39, 0.29) is 0 Å². The Morgan fingerprint density at radius 3 is 2.65 bits per heavy atom. The van der Waals surface area contributed by atoms with Crippen LogP contribution in [0.25, 0.3) is 0 Å². The van der Waals surface area contributed by atoms with Gasteiger partial charge in [0.15, 0.2) is 5.84 Å². The third kappa shape index (κ3) is 3.28. The smallest absolute Gasteiger partial charge is 0.154 e. The highest BCUT2D eigenvalue weighted by atomic mass is 35.5. The average molecular weight is 366 g/mol. The summed E-state index contributed by atoms with van der Waals surface area (Å²) in [5, 5.41) is 9.57. The Bertz CT molecular complexity index is 915. The first kappa shape index (κ1) is 16.9. The summed E-state index contributed by atoms with van der Waals surface area (Å²) in [7, 11) is 4.07. The molecule has 4 rings (SSSR count).